The molecule has 4 heteroatoms. The van der Waals surface area contributed by atoms with Crippen LogP contribution in [0.15, 0.2) is 18.2 Å². The van der Waals surface area contributed by atoms with Crippen LogP contribution < -0.4 is 4.74 Å². The first kappa shape index (κ1) is 9.67. The Bertz CT molecular complexity index is 299. The van der Waals surface area contributed by atoms with Crippen molar-refractivity contribution in [3.8, 4) is 5.75 Å². The third kappa shape index (κ3) is 2.52. The molecule has 1 N–H and O–H groups in total. The van der Waals surface area contributed by atoms with Gasteiger partial charge < -0.3 is 9.84 Å². The molecule has 0 aromatic heterocycles. The molecule has 0 aliphatic rings. The van der Waals surface area contributed by atoms with E-state index in [0.29, 0.717) is 6.29 Å². The quantitative estimate of drug-likeness (QED) is 0.710. The van der Waals surface area contributed by atoms with E-state index in [1.165, 1.54) is 12.1 Å². The van der Waals surface area contributed by atoms with Gasteiger partial charge in [-0.25, -0.2) is 4.39 Å². The highest BCUT2D eigenvalue weighted by atomic mass is 19.1. The second kappa shape index (κ2) is 4.57. The molecule has 0 spiro atoms. The number of carbonyl (C=O) groups excluding carboxylic acids is 1. The van der Waals surface area contributed by atoms with E-state index >= 15 is 0 Å². The van der Waals surface area contributed by atoms with Crippen LogP contribution in [0.5, 0.6) is 5.75 Å². The maximum atomic E-state index is 13.0. The number of halogens is 1. The van der Waals surface area contributed by atoms with Crippen molar-refractivity contribution >= 4 is 6.29 Å². The van der Waals surface area contributed by atoms with E-state index in [-0.39, 0.29) is 24.5 Å². The largest absolute Gasteiger partial charge is 0.488 e. The van der Waals surface area contributed by atoms with Gasteiger partial charge in [-0.3, -0.25) is 4.79 Å². The van der Waals surface area contributed by atoms with Crippen molar-refractivity contribution in [3.05, 3.63) is 29.6 Å². The van der Waals surface area contributed by atoms with Gasteiger partial charge >= 0.3 is 0 Å². The molecule has 0 saturated carbocycles. The Morgan fingerprint density at radius 3 is 2.85 bits per heavy atom. The lowest BCUT2D eigenvalue weighted by Gasteiger charge is -2.04. The van der Waals surface area contributed by atoms with E-state index in [2.05, 4.69) is 0 Å². The summed E-state index contributed by atoms with van der Waals surface area (Å²) in [4.78, 5) is 10.2. The monoisotopic (exact) mass is 184 g/mol. The lowest BCUT2D eigenvalue weighted by molar-refractivity contribution is 0.112. The van der Waals surface area contributed by atoms with Gasteiger partial charge in [-0.2, -0.15) is 0 Å². The highest BCUT2D eigenvalue weighted by Gasteiger charge is 2.03. The fourth-order valence-corrected chi connectivity index (χ4v) is 0.863. The minimum Gasteiger partial charge on any atom is -0.488 e. The molecule has 0 heterocycles. The average molecular weight is 184 g/mol. The Kier molecular flexibility index (Phi) is 3.40. The van der Waals surface area contributed by atoms with Crippen molar-refractivity contribution < 1.29 is 19.0 Å². The van der Waals surface area contributed by atoms with Crippen molar-refractivity contribution in [2.45, 2.75) is 0 Å². The van der Waals surface area contributed by atoms with Crippen LogP contribution in [0.1, 0.15) is 10.4 Å². The van der Waals surface area contributed by atoms with Gasteiger partial charge in [-0.15, -0.1) is 0 Å². The van der Waals surface area contributed by atoms with Gasteiger partial charge in [0.15, 0.2) is 11.6 Å². The number of hydrogen-bond acceptors (Lipinski definition) is 3. The fourth-order valence-electron chi connectivity index (χ4n) is 0.863. The van der Waals surface area contributed by atoms with E-state index in [9.17, 15) is 9.18 Å². The van der Waals surface area contributed by atoms with Crippen molar-refractivity contribution in [2.24, 2.45) is 0 Å². The number of aliphatic hydroxyl groups excluding tert-OH is 1. The third-order valence-corrected chi connectivity index (χ3v) is 1.44. The maximum Gasteiger partial charge on any atom is 0.165 e. The number of ether oxygens (including phenoxy) is 1. The zero-order valence-electron chi connectivity index (χ0n) is 6.87. The summed E-state index contributed by atoms with van der Waals surface area (Å²) in [6.45, 7) is -0.133. The van der Waals surface area contributed by atoms with Crippen LogP contribution in [0.25, 0.3) is 0 Å². The van der Waals surface area contributed by atoms with E-state index in [1.807, 2.05) is 0 Å². The smallest absolute Gasteiger partial charge is 0.165 e. The van der Waals surface area contributed by atoms with Gasteiger partial charge in [0, 0.05) is 5.56 Å². The van der Waals surface area contributed by atoms with Crippen LogP contribution in [-0.4, -0.2) is 24.6 Å². The number of aldehydes is 1. The average Bonchev–Trinajstić information content (AvgIpc) is 2.16. The molecule has 3 nitrogen and oxygen atoms in total. The summed E-state index contributed by atoms with van der Waals surface area (Å²) in [6, 6.07) is 3.89. The standard InChI is InChI=1S/C9H9FO3/c10-8-5-7(6-12)1-2-9(8)13-4-3-11/h1-2,5-6,11H,3-4H2. The van der Waals surface area contributed by atoms with Gasteiger partial charge in [0.25, 0.3) is 0 Å². The zero-order valence-corrected chi connectivity index (χ0v) is 6.87. The number of hydrogen-bond donors (Lipinski definition) is 1. The molecule has 0 atom stereocenters. The summed E-state index contributed by atoms with van der Waals surface area (Å²) < 4.78 is 17.8. The van der Waals surface area contributed by atoms with Gasteiger partial charge in [-0.1, -0.05) is 0 Å². The predicted octanol–water partition coefficient (Wildman–Crippen LogP) is 1.01. The predicted molar refractivity (Wildman–Crippen MR) is 44.4 cm³/mol. The van der Waals surface area contributed by atoms with E-state index in [0.717, 1.165) is 6.07 Å². The molecule has 0 aliphatic heterocycles. The SMILES string of the molecule is O=Cc1ccc(OCCO)c(F)c1. The molecular weight excluding hydrogens is 175 g/mol. The first-order chi connectivity index (χ1) is 6.27. The number of aliphatic hydroxyl groups is 1. The molecular formula is C9H9FO3. The number of benzene rings is 1. The second-order valence-corrected chi connectivity index (χ2v) is 2.38. The normalized spacial score (nSPS) is 9.69. The van der Waals surface area contributed by atoms with Crippen molar-refractivity contribution in [1.29, 1.82) is 0 Å². The molecule has 0 radical (unpaired) electrons. The minimum absolute atomic E-state index is 0.0390. The maximum absolute atomic E-state index is 13.0. The lowest BCUT2D eigenvalue weighted by atomic mass is 10.2. The van der Waals surface area contributed by atoms with Crippen LogP contribution in [0.4, 0.5) is 4.39 Å². The summed E-state index contributed by atoms with van der Waals surface area (Å²) in [7, 11) is 0. The molecule has 0 aliphatic carbocycles. The first-order valence-corrected chi connectivity index (χ1v) is 3.76. The summed E-state index contributed by atoms with van der Waals surface area (Å²) in [5.74, 6) is -0.558. The Hall–Kier alpha value is -1.42. The summed E-state index contributed by atoms with van der Waals surface area (Å²) in [5.41, 5.74) is 0.258. The lowest BCUT2D eigenvalue weighted by Crippen LogP contribution is -2.03. The minimum atomic E-state index is -0.599. The van der Waals surface area contributed by atoms with Gasteiger partial charge in [-0.05, 0) is 18.2 Å². The molecule has 1 aromatic rings. The van der Waals surface area contributed by atoms with Gasteiger partial charge in [0.05, 0.1) is 6.61 Å². The Balaban J connectivity index is 2.79. The van der Waals surface area contributed by atoms with E-state index in [4.69, 9.17) is 9.84 Å². The number of carbonyl (C=O) groups is 1. The van der Waals surface area contributed by atoms with Gasteiger partial charge in [0.1, 0.15) is 12.9 Å². The molecule has 0 fully saturated rings. The molecule has 1 aromatic carbocycles. The van der Waals surface area contributed by atoms with E-state index < -0.39 is 5.82 Å². The summed E-state index contributed by atoms with van der Waals surface area (Å²) in [5, 5.41) is 8.42. The summed E-state index contributed by atoms with van der Waals surface area (Å²) >= 11 is 0. The molecule has 0 bridgehead atoms. The van der Waals surface area contributed by atoms with E-state index in [1.54, 1.807) is 0 Å². The zero-order chi connectivity index (χ0) is 9.68. The second-order valence-electron chi connectivity index (χ2n) is 2.38. The van der Waals surface area contributed by atoms with Crippen molar-refractivity contribution in [1.82, 2.24) is 0 Å². The highest BCUT2D eigenvalue weighted by Crippen LogP contribution is 2.17. The van der Waals surface area contributed by atoms with Crippen LogP contribution in [0.3, 0.4) is 0 Å². The Morgan fingerprint density at radius 2 is 2.31 bits per heavy atom. The highest BCUT2D eigenvalue weighted by molar-refractivity contribution is 5.74. The van der Waals surface area contributed by atoms with Crippen LogP contribution in [0, 0.1) is 5.82 Å². The first-order valence-electron chi connectivity index (χ1n) is 3.76. The van der Waals surface area contributed by atoms with Gasteiger partial charge in [0.2, 0.25) is 0 Å². The number of rotatable bonds is 4. The topological polar surface area (TPSA) is 46.5 Å². The van der Waals surface area contributed by atoms with Crippen molar-refractivity contribution in [3.63, 3.8) is 0 Å². The van der Waals surface area contributed by atoms with Crippen LogP contribution >= 0.6 is 0 Å². The Morgan fingerprint density at radius 1 is 1.54 bits per heavy atom. The molecule has 70 valence electrons. The Labute approximate surface area is 74.8 Å². The molecule has 13 heavy (non-hydrogen) atoms. The molecule has 0 unspecified atom stereocenters. The van der Waals surface area contributed by atoms with Crippen LogP contribution in [0.2, 0.25) is 0 Å². The van der Waals surface area contributed by atoms with Crippen molar-refractivity contribution in [2.75, 3.05) is 13.2 Å². The fraction of sp³-hybridized carbons (Fsp3) is 0.222. The molecule has 0 amide bonds. The third-order valence-electron chi connectivity index (χ3n) is 1.44. The molecule has 0 saturated heterocycles. The summed E-state index contributed by atoms with van der Waals surface area (Å²) in [6.07, 6.45) is 0.554. The molecule has 1 rings (SSSR count). The van der Waals surface area contributed by atoms with Crippen LogP contribution in [-0.2, 0) is 0 Å².